The SMILES string of the molecule is O=C(OCC1c2ccccc2-c2ccccc21)N1CCC[C@@H]1CI. The van der Waals surface area contributed by atoms with Crippen LogP contribution in [0.5, 0.6) is 0 Å². The quantitative estimate of drug-likeness (QED) is 0.513. The average molecular weight is 433 g/mol. The molecule has 0 radical (unpaired) electrons. The first-order chi connectivity index (χ1) is 11.8. The molecule has 2 aliphatic rings. The maximum Gasteiger partial charge on any atom is 0.410 e. The zero-order valence-electron chi connectivity index (χ0n) is 13.5. The Labute approximate surface area is 156 Å². The van der Waals surface area contributed by atoms with Crippen molar-refractivity contribution in [2.24, 2.45) is 0 Å². The number of hydrogen-bond acceptors (Lipinski definition) is 2. The van der Waals surface area contributed by atoms with Gasteiger partial charge in [0.05, 0.1) is 0 Å². The molecule has 4 heteroatoms. The Bertz CT molecular complexity index is 715. The zero-order valence-corrected chi connectivity index (χ0v) is 15.6. The van der Waals surface area contributed by atoms with E-state index < -0.39 is 0 Å². The van der Waals surface area contributed by atoms with Gasteiger partial charge in [0, 0.05) is 22.9 Å². The number of nitrogens with zero attached hydrogens (tertiary/aromatic N) is 1. The van der Waals surface area contributed by atoms with Crippen LogP contribution in [0.25, 0.3) is 11.1 Å². The molecule has 3 nitrogen and oxygen atoms in total. The first-order valence-electron chi connectivity index (χ1n) is 8.47. The van der Waals surface area contributed by atoms with Gasteiger partial charge in [0.2, 0.25) is 0 Å². The molecule has 0 bridgehead atoms. The summed E-state index contributed by atoms with van der Waals surface area (Å²) in [6.07, 6.45) is 2.02. The number of fused-ring (bicyclic) bond motifs is 3. The number of carbonyl (C=O) groups is 1. The van der Waals surface area contributed by atoms with E-state index in [1.165, 1.54) is 22.3 Å². The van der Waals surface area contributed by atoms with E-state index in [9.17, 15) is 4.79 Å². The molecular formula is C20H20INO2. The summed E-state index contributed by atoms with van der Waals surface area (Å²) in [4.78, 5) is 14.4. The maximum absolute atomic E-state index is 12.5. The van der Waals surface area contributed by atoms with E-state index in [2.05, 4.69) is 71.1 Å². The van der Waals surface area contributed by atoms with Crippen molar-refractivity contribution in [1.82, 2.24) is 4.90 Å². The number of benzene rings is 2. The molecule has 1 amide bonds. The van der Waals surface area contributed by atoms with Crippen molar-refractivity contribution in [2.75, 3.05) is 17.6 Å². The number of carbonyl (C=O) groups excluding carboxylic acids is 1. The lowest BCUT2D eigenvalue weighted by Gasteiger charge is -2.23. The van der Waals surface area contributed by atoms with Crippen LogP contribution in [-0.2, 0) is 4.74 Å². The summed E-state index contributed by atoms with van der Waals surface area (Å²) < 4.78 is 6.71. The molecule has 1 fully saturated rings. The molecule has 24 heavy (non-hydrogen) atoms. The molecule has 1 aliphatic carbocycles. The van der Waals surface area contributed by atoms with Crippen LogP contribution in [0.1, 0.15) is 29.9 Å². The smallest absolute Gasteiger partial charge is 0.410 e. The third kappa shape index (κ3) is 2.70. The Morgan fingerprint density at radius 2 is 1.71 bits per heavy atom. The van der Waals surface area contributed by atoms with Gasteiger partial charge in [-0.05, 0) is 35.1 Å². The predicted molar refractivity (Wildman–Crippen MR) is 104 cm³/mol. The molecule has 0 saturated carbocycles. The fraction of sp³-hybridized carbons (Fsp3) is 0.350. The van der Waals surface area contributed by atoms with E-state index >= 15 is 0 Å². The molecule has 1 heterocycles. The second kappa shape index (κ2) is 6.75. The van der Waals surface area contributed by atoms with Gasteiger partial charge in [-0.15, -0.1) is 0 Å². The minimum atomic E-state index is -0.156. The van der Waals surface area contributed by atoms with Gasteiger partial charge in [-0.2, -0.15) is 0 Å². The first-order valence-corrected chi connectivity index (χ1v) is 9.99. The third-order valence-corrected chi connectivity index (χ3v) is 6.14. The highest BCUT2D eigenvalue weighted by Gasteiger charge is 2.32. The monoisotopic (exact) mass is 433 g/mol. The number of hydrogen-bond donors (Lipinski definition) is 0. The zero-order chi connectivity index (χ0) is 16.5. The van der Waals surface area contributed by atoms with Gasteiger partial charge in [0.1, 0.15) is 6.61 Å². The minimum Gasteiger partial charge on any atom is -0.448 e. The van der Waals surface area contributed by atoms with E-state index in [1.54, 1.807) is 0 Å². The normalized spacial score (nSPS) is 19.2. The second-order valence-corrected chi connectivity index (χ2v) is 7.33. The van der Waals surface area contributed by atoms with Gasteiger partial charge in [0.25, 0.3) is 0 Å². The largest absolute Gasteiger partial charge is 0.448 e. The summed E-state index contributed by atoms with van der Waals surface area (Å²) >= 11 is 2.36. The Kier molecular flexibility index (Phi) is 4.48. The fourth-order valence-electron chi connectivity index (χ4n) is 3.91. The number of halogens is 1. The lowest BCUT2D eigenvalue weighted by Crippen LogP contribution is -2.37. The van der Waals surface area contributed by atoms with Crippen molar-refractivity contribution in [3.05, 3.63) is 59.7 Å². The summed E-state index contributed by atoms with van der Waals surface area (Å²) in [5, 5.41) is 0. The van der Waals surface area contributed by atoms with Crippen LogP contribution in [0.15, 0.2) is 48.5 Å². The van der Waals surface area contributed by atoms with Gasteiger partial charge >= 0.3 is 6.09 Å². The topological polar surface area (TPSA) is 29.5 Å². The lowest BCUT2D eigenvalue weighted by molar-refractivity contribution is 0.0988. The molecule has 1 saturated heterocycles. The van der Waals surface area contributed by atoms with Gasteiger partial charge in [-0.1, -0.05) is 71.1 Å². The van der Waals surface area contributed by atoms with Crippen molar-refractivity contribution in [3.63, 3.8) is 0 Å². The van der Waals surface area contributed by atoms with Crippen molar-refractivity contribution in [1.29, 1.82) is 0 Å². The van der Waals surface area contributed by atoms with Crippen LogP contribution in [-0.4, -0.2) is 34.6 Å². The number of rotatable bonds is 3. The standard InChI is InChI=1S/C20H20INO2/c21-12-14-6-5-11-22(14)20(23)24-13-19-17-9-3-1-7-15(17)16-8-2-4-10-18(16)19/h1-4,7-10,14,19H,5-6,11-13H2/t14-/m1/s1. The number of likely N-dealkylation sites (tertiary alicyclic amines) is 1. The Balaban J connectivity index is 1.54. The van der Waals surface area contributed by atoms with Crippen LogP contribution in [0, 0.1) is 0 Å². The van der Waals surface area contributed by atoms with E-state index in [1.807, 2.05) is 4.90 Å². The van der Waals surface area contributed by atoms with Crippen molar-refractivity contribution >= 4 is 28.7 Å². The molecular weight excluding hydrogens is 413 g/mol. The Hall–Kier alpha value is -1.56. The first kappa shape index (κ1) is 15.9. The molecule has 0 unspecified atom stereocenters. The molecule has 0 spiro atoms. The minimum absolute atomic E-state index is 0.141. The second-order valence-electron chi connectivity index (χ2n) is 6.45. The summed E-state index contributed by atoms with van der Waals surface area (Å²) in [5.41, 5.74) is 5.05. The maximum atomic E-state index is 12.5. The number of ether oxygens (including phenoxy) is 1. The highest BCUT2D eigenvalue weighted by atomic mass is 127. The summed E-state index contributed by atoms with van der Waals surface area (Å²) in [5.74, 6) is 0.141. The van der Waals surface area contributed by atoms with E-state index in [0.717, 1.165) is 23.8 Å². The highest BCUT2D eigenvalue weighted by molar-refractivity contribution is 14.1. The number of amides is 1. The molecule has 4 rings (SSSR count). The van der Waals surface area contributed by atoms with Crippen LogP contribution in [0.2, 0.25) is 0 Å². The Morgan fingerprint density at radius 1 is 1.08 bits per heavy atom. The lowest BCUT2D eigenvalue weighted by atomic mass is 9.98. The van der Waals surface area contributed by atoms with E-state index in [-0.39, 0.29) is 12.0 Å². The van der Waals surface area contributed by atoms with Gasteiger partial charge < -0.3 is 9.64 Å². The molecule has 2 aromatic carbocycles. The number of alkyl halides is 1. The van der Waals surface area contributed by atoms with Crippen LogP contribution in [0.3, 0.4) is 0 Å². The molecule has 1 aliphatic heterocycles. The molecule has 0 aromatic heterocycles. The molecule has 0 N–H and O–H groups in total. The van der Waals surface area contributed by atoms with Gasteiger partial charge in [0.15, 0.2) is 0 Å². The van der Waals surface area contributed by atoms with Crippen molar-refractivity contribution in [3.8, 4) is 11.1 Å². The van der Waals surface area contributed by atoms with E-state index in [0.29, 0.717) is 12.6 Å². The summed E-state index contributed by atoms with van der Waals surface area (Å²) in [6, 6.07) is 17.2. The van der Waals surface area contributed by atoms with E-state index in [4.69, 9.17) is 4.74 Å². The molecule has 1 atom stereocenters. The van der Waals surface area contributed by atoms with Crippen molar-refractivity contribution in [2.45, 2.75) is 24.8 Å². The van der Waals surface area contributed by atoms with Gasteiger partial charge in [-0.3, -0.25) is 0 Å². The predicted octanol–water partition coefficient (Wildman–Crippen LogP) is 4.83. The molecule has 124 valence electrons. The van der Waals surface area contributed by atoms with Crippen molar-refractivity contribution < 1.29 is 9.53 Å². The Morgan fingerprint density at radius 3 is 2.33 bits per heavy atom. The van der Waals surface area contributed by atoms with Crippen LogP contribution >= 0.6 is 22.6 Å². The molecule has 2 aromatic rings. The third-order valence-electron chi connectivity index (χ3n) is 5.13. The van der Waals surface area contributed by atoms with Crippen LogP contribution in [0.4, 0.5) is 4.79 Å². The average Bonchev–Trinajstić information content (AvgIpc) is 3.22. The summed E-state index contributed by atoms with van der Waals surface area (Å²) in [7, 11) is 0. The fourth-order valence-corrected chi connectivity index (χ4v) is 4.83. The van der Waals surface area contributed by atoms with Gasteiger partial charge in [-0.25, -0.2) is 4.79 Å². The highest BCUT2D eigenvalue weighted by Crippen LogP contribution is 2.44. The summed E-state index contributed by atoms with van der Waals surface area (Å²) in [6.45, 7) is 1.24. The van der Waals surface area contributed by atoms with Crippen LogP contribution < -0.4 is 0 Å².